The van der Waals surface area contributed by atoms with Crippen molar-refractivity contribution in [2.75, 3.05) is 11.9 Å². The fraction of sp³-hybridized carbons (Fsp3) is 0.455. The summed E-state index contributed by atoms with van der Waals surface area (Å²) in [5.74, 6) is 0.196. The van der Waals surface area contributed by atoms with Gasteiger partial charge in [0.15, 0.2) is 0 Å². The van der Waals surface area contributed by atoms with Crippen LogP contribution in [-0.4, -0.2) is 17.4 Å². The van der Waals surface area contributed by atoms with Crippen molar-refractivity contribution in [3.63, 3.8) is 0 Å². The van der Waals surface area contributed by atoms with E-state index in [1.165, 1.54) is 6.20 Å². The second-order valence-electron chi connectivity index (χ2n) is 3.63. The smallest absolute Gasteiger partial charge is 0.224 e. The highest BCUT2D eigenvalue weighted by atomic mass is 35.5. The van der Waals surface area contributed by atoms with E-state index in [1.807, 2.05) is 6.92 Å². The zero-order valence-corrected chi connectivity index (χ0v) is 10.00. The summed E-state index contributed by atoms with van der Waals surface area (Å²) in [6.45, 7) is 2.55. The molecular weight excluding hydrogens is 226 g/mol. The van der Waals surface area contributed by atoms with Gasteiger partial charge >= 0.3 is 0 Å². The van der Waals surface area contributed by atoms with E-state index >= 15 is 0 Å². The monoisotopic (exact) mass is 241 g/mol. The lowest BCUT2D eigenvalue weighted by Crippen LogP contribution is -2.21. The van der Waals surface area contributed by atoms with Crippen LogP contribution in [0.3, 0.4) is 0 Å². The summed E-state index contributed by atoms with van der Waals surface area (Å²) >= 11 is 5.64. The number of hydrogen-bond acceptors (Lipinski definition) is 3. The van der Waals surface area contributed by atoms with Gasteiger partial charge in [0.2, 0.25) is 5.91 Å². The highest BCUT2D eigenvalue weighted by Crippen LogP contribution is 2.12. The van der Waals surface area contributed by atoms with Gasteiger partial charge in [0.1, 0.15) is 5.15 Å². The van der Waals surface area contributed by atoms with Crippen LogP contribution in [0, 0.1) is 5.92 Å². The lowest BCUT2D eigenvalue weighted by molar-refractivity contribution is -0.117. The zero-order chi connectivity index (χ0) is 12.0. The molecule has 1 heterocycles. The first kappa shape index (κ1) is 12.9. The lowest BCUT2D eigenvalue weighted by atomic mass is 10.0. The minimum atomic E-state index is -0.0403. The van der Waals surface area contributed by atoms with Gasteiger partial charge < -0.3 is 11.1 Å². The number of hydrogen-bond donors (Lipinski definition) is 2. The Morgan fingerprint density at radius 2 is 2.38 bits per heavy atom. The SMILES string of the molecule is CCC(CN)CC(=O)Nc1ccc(Cl)nc1. The number of aromatic nitrogens is 1. The van der Waals surface area contributed by atoms with Crippen molar-refractivity contribution >= 4 is 23.2 Å². The molecule has 4 nitrogen and oxygen atoms in total. The molecule has 1 rings (SSSR count). The van der Waals surface area contributed by atoms with Gasteiger partial charge in [-0.05, 0) is 24.6 Å². The molecule has 1 aromatic rings. The molecule has 1 amide bonds. The van der Waals surface area contributed by atoms with Crippen molar-refractivity contribution in [3.05, 3.63) is 23.5 Å². The molecule has 0 radical (unpaired) electrons. The first-order chi connectivity index (χ1) is 7.65. The summed E-state index contributed by atoms with van der Waals surface area (Å²) in [7, 11) is 0. The van der Waals surface area contributed by atoms with Crippen LogP contribution in [0.15, 0.2) is 18.3 Å². The van der Waals surface area contributed by atoms with E-state index in [2.05, 4.69) is 10.3 Å². The summed E-state index contributed by atoms with van der Waals surface area (Å²) < 4.78 is 0. The van der Waals surface area contributed by atoms with Crippen molar-refractivity contribution in [3.8, 4) is 0 Å². The van der Waals surface area contributed by atoms with Crippen LogP contribution < -0.4 is 11.1 Å². The maximum Gasteiger partial charge on any atom is 0.224 e. The van der Waals surface area contributed by atoms with Crippen LogP contribution in [0.1, 0.15) is 19.8 Å². The summed E-state index contributed by atoms with van der Waals surface area (Å²) in [5, 5.41) is 3.16. The first-order valence-electron chi connectivity index (χ1n) is 5.27. The Morgan fingerprint density at radius 3 is 2.88 bits per heavy atom. The average Bonchev–Trinajstić information content (AvgIpc) is 2.29. The molecular formula is C11H16ClN3O. The lowest BCUT2D eigenvalue weighted by Gasteiger charge is -2.11. The number of amides is 1. The summed E-state index contributed by atoms with van der Waals surface area (Å²) in [4.78, 5) is 15.5. The first-order valence-corrected chi connectivity index (χ1v) is 5.65. The van der Waals surface area contributed by atoms with Gasteiger partial charge in [0.25, 0.3) is 0 Å². The normalized spacial score (nSPS) is 12.2. The van der Waals surface area contributed by atoms with Crippen molar-refractivity contribution in [2.24, 2.45) is 11.7 Å². The number of anilines is 1. The number of pyridine rings is 1. The summed E-state index contributed by atoms with van der Waals surface area (Å²) in [6, 6.07) is 3.36. The van der Waals surface area contributed by atoms with Gasteiger partial charge in [-0.25, -0.2) is 4.98 Å². The van der Waals surface area contributed by atoms with Gasteiger partial charge in [-0.2, -0.15) is 0 Å². The standard InChI is InChI=1S/C11H16ClN3O/c1-2-8(6-13)5-11(16)15-9-3-4-10(12)14-7-9/h3-4,7-8H,2,5-6,13H2,1H3,(H,15,16). The van der Waals surface area contributed by atoms with E-state index < -0.39 is 0 Å². The molecule has 1 aromatic heterocycles. The minimum Gasteiger partial charge on any atom is -0.330 e. The third kappa shape index (κ3) is 4.16. The second-order valence-corrected chi connectivity index (χ2v) is 4.02. The van der Waals surface area contributed by atoms with Crippen molar-refractivity contribution in [2.45, 2.75) is 19.8 Å². The van der Waals surface area contributed by atoms with Gasteiger partial charge in [0, 0.05) is 6.42 Å². The predicted octanol–water partition coefficient (Wildman–Crippen LogP) is 2.05. The van der Waals surface area contributed by atoms with E-state index in [-0.39, 0.29) is 11.8 Å². The molecule has 0 fully saturated rings. The molecule has 0 saturated heterocycles. The summed E-state index contributed by atoms with van der Waals surface area (Å²) in [5.41, 5.74) is 6.19. The van der Waals surface area contributed by atoms with Crippen molar-refractivity contribution < 1.29 is 4.79 Å². The largest absolute Gasteiger partial charge is 0.330 e. The number of nitrogens with one attached hydrogen (secondary N) is 1. The molecule has 3 N–H and O–H groups in total. The van der Waals surface area contributed by atoms with Crippen molar-refractivity contribution in [1.82, 2.24) is 4.98 Å². The topological polar surface area (TPSA) is 68.0 Å². The maximum atomic E-state index is 11.6. The van der Waals surface area contributed by atoms with Gasteiger partial charge in [0.05, 0.1) is 11.9 Å². The van der Waals surface area contributed by atoms with Crippen LogP contribution >= 0.6 is 11.6 Å². The molecule has 16 heavy (non-hydrogen) atoms. The molecule has 88 valence electrons. The minimum absolute atomic E-state index is 0.0403. The number of nitrogens with zero attached hydrogens (tertiary/aromatic N) is 1. The second kappa shape index (κ2) is 6.45. The Morgan fingerprint density at radius 1 is 1.62 bits per heavy atom. The molecule has 0 aromatic carbocycles. The van der Waals surface area contributed by atoms with Gasteiger partial charge in [-0.15, -0.1) is 0 Å². The third-order valence-corrected chi connectivity index (χ3v) is 2.62. The fourth-order valence-corrected chi connectivity index (χ4v) is 1.43. The maximum absolute atomic E-state index is 11.6. The van der Waals surface area contributed by atoms with Gasteiger partial charge in [-0.3, -0.25) is 4.79 Å². The van der Waals surface area contributed by atoms with E-state index in [1.54, 1.807) is 12.1 Å². The molecule has 0 bridgehead atoms. The summed E-state index contributed by atoms with van der Waals surface area (Å²) in [6.07, 6.45) is 2.88. The number of carbonyl (C=O) groups excluding carboxylic acids is 1. The quantitative estimate of drug-likeness (QED) is 0.776. The molecule has 1 unspecified atom stereocenters. The molecule has 0 saturated carbocycles. The third-order valence-electron chi connectivity index (χ3n) is 2.40. The Balaban J connectivity index is 2.48. The number of rotatable bonds is 5. The van der Waals surface area contributed by atoms with Crippen LogP contribution in [0.25, 0.3) is 0 Å². The highest BCUT2D eigenvalue weighted by molar-refractivity contribution is 6.29. The Hall–Kier alpha value is -1.13. The molecule has 0 aliphatic heterocycles. The van der Waals surface area contributed by atoms with E-state index in [0.29, 0.717) is 23.8 Å². The number of carbonyl (C=O) groups is 1. The van der Waals surface area contributed by atoms with Crippen molar-refractivity contribution in [1.29, 1.82) is 0 Å². The van der Waals surface area contributed by atoms with Crippen LogP contribution in [0.2, 0.25) is 5.15 Å². The predicted molar refractivity (Wildman–Crippen MR) is 65.3 cm³/mol. The molecule has 0 aliphatic carbocycles. The fourth-order valence-electron chi connectivity index (χ4n) is 1.32. The van der Waals surface area contributed by atoms with E-state index in [0.717, 1.165) is 6.42 Å². The highest BCUT2D eigenvalue weighted by Gasteiger charge is 2.10. The molecule has 0 spiro atoms. The Labute approximate surface area is 100 Å². The van der Waals surface area contributed by atoms with Crippen LogP contribution in [0.4, 0.5) is 5.69 Å². The number of nitrogens with two attached hydrogens (primary N) is 1. The van der Waals surface area contributed by atoms with Gasteiger partial charge in [-0.1, -0.05) is 24.9 Å². The average molecular weight is 242 g/mol. The van der Waals surface area contributed by atoms with Crippen LogP contribution in [-0.2, 0) is 4.79 Å². The Kier molecular flexibility index (Phi) is 5.22. The number of halogens is 1. The zero-order valence-electron chi connectivity index (χ0n) is 9.24. The molecule has 1 atom stereocenters. The molecule has 0 aliphatic rings. The van der Waals surface area contributed by atoms with E-state index in [9.17, 15) is 4.79 Å². The van der Waals surface area contributed by atoms with E-state index in [4.69, 9.17) is 17.3 Å². The van der Waals surface area contributed by atoms with Crippen LogP contribution in [0.5, 0.6) is 0 Å². The Bertz CT molecular complexity index is 336. The molecule has 5 heteroatoms.